The van der Waals surface area contributed by atoms with E-state index in [2.05, 4.69) is 25.6 Å². The molecule has 10 heteroatoms. The Morgan fingerprint density at radius 2 is 2.07 bits per heavy atom. The molecular weight excluding hydrogens is 362 g/mol. The van der Waals surface area contributed by atoms with Crippen LogP contribution in [0.1, 0.15) is 13.3 Å². The maximum Gasteiger partial charge on any atom is 0.353 e. The first-order chi connectivity index (χ1) is 13.7. The Bertz CT molecular complexity index is 915. The van der Waals surface area contributed by atoms with E-state index in [1.165, 1.54) is 6.33 Å². The van der Waals surface area contributed by atoms with Crippen LogP contribution >= 0.6 is 0 Å². The van der Waals surface area contributed by atoms with Gasteiger partial charge in [-0.2, -0.15) is 0 Å². The number of anilines is 3. The standard InChI is InChI=1S/C18H21N7O3/c1-2-28-15-7-4-3-6-14(15)23-18-16(25(26)27)17(21-12-22-18)20-8-5-10-24-11-9-19-13-24/h3-4,6-7,9,11-13H,2,5,8,10H2,1H3,(H2,20,21,22,23). The predicted octanol–water partition coefficient (Wildman–Crippen LogP) is 3.23. The fraction of sp³-hybridized carbons (Fsp3) is 0.278. The Hall–Kier alpha value is -3.69. The third-order valence-electron chi connectivity index (χ3n) is 3.89. The van der Waals surface area contributed by atoms with E-state index in [9.17, 15) is 10.1 Å². The molecule has 0 radical (unpaired) electrons. The number of rotatable bonds is 10. The number of benzene rings is 1. The number of nitrogens with one attached hydrogen (secondary N) is 2. The lowest BCUT2D eigenvalue weighted by molar-refractivity contribution is -0.383. The molecule has 0 aliphatic carbocycles. The highest BCUT2D eigenvalue weighted by molar-refractivity contribution is 5.75. The second-order valence-electron chi connectivity index (χ2n) is 5.81. The summed E-state index contributed by atoms with van der Waals surface area (Å²) in [5.74, 6) is 0.860. The molecule has 28 heavy (non-hydrogen) atoms. The number of hydrogen-bond donors (Lipinski definition) is 2. The SMILES string of the molecule is CCOc1ccccc1Nc1ncnc(NCCCn2ccnc2)c1[N+](=O)[O-]. The van der Waals surface area contributed by atoms with Crippen molar-refractivity contribution in [3.05, 3.63) is 59.4 Å². The number of ether oxygens (including phenoxy) is 1. The summed E-state index contributed by atoms with van der Waals surface area (Å²) in [7, 11) is 0. The van der Waals surface area contributed by atoms with E-state index in [-0.39, 0.29) is 17.3 Å². The highest BCUT2D eigenvalue weighted by Gasteiger charge is 2.23. The van der Waals surface area contributed by atoms with Crippen LogP contribution < -0.4 is 15.4 Å². The second-order valence-corrected chi connectivity index (χ2v) is 5.81. The predicted molar refractivity (Wildman–Crippen MR) is 105 cm³/mol. The van der Waals surface area contributed by atoms with Crippen LogP contribution in [0.2, 0.25) is 0 Å². The fourth-order valence-electron chi connectivity index (χ4n) is 2.64. The minimum absolute atomic E-state index is 0.101. The number of para-hydroxylation sites is 2. The average molecular weight is 383 g/mol. The quantitative estimate of drug-likeness (QED) is 0.311. The van der Waals surface area contributed by atoms with Gasteiger partial charge in [0.2, 0.25) is 11.6 Å². The van der Waals surface area contributed by atoms with Crippen molar-refractivity contribution in [2.75, 3.05) is 23.8 Å². The lowest BCUT2D eigenvalue weighted by Gasteiger charge is -2.13. The van der Waals surface area contributed by atoms with Gasteiger partial charge in [-0.1, -0.05) is 12.1 Å². The van der Waals surface area contributed by atoms with Gasteiger partial charge in [0.25, 0.3) is 0 Å². The van der Waals surface area contributed by atoms with Crippen molar-refractivity contribution in [1.82, 2.24) is 19.5 Å². The maximum absolute atomic E-state index is 11.7. The van der Waals surface area contributed by atoms with Crippen LogP contribution in [-0.4, -0.2) is 37.6 Å². The first-order valence-electron chi connectivity index (χ1n) is 8.87. The highest BCUT2D eigenvalue weighted by atomic mass is 16.6. The Morgan fingerprint density at radius 1 is 1.25 bits per heavy atom. The molecule has 2 aromatic heterocycles. The molecule has 1 aromatic carbocycles. The first kappa shape index (κ1) is 19.1. The normalized spacial score (nSPS) is 10.5. The van der Waals surface area contributed by atoms with E-state index in [1.807, 2.05) is 29.8 Å². The summed E-state index contributed by atoms with van der Waals surface area (Å²) in [6.07, 6.45) is 7.35. The molecular formula is C18H21N7O3. The number of aryl methyl sites for hydroxylation is 1. The lowest BCUT2D eigenvalue weighted by Crippen LogP contribution is -2.11. The van der Waals surface area contributed by atoms with Gasteiger partial charge in [-0.25, -0.2) is 15.0 Å². The minimum atomic E-state index is -0.496. The van der Waals surface area contributed by atoms with Crippen molar-refractivity contribution in [3.8, 4) is 5.75 Å². The first-order valence-corrected chi connectivity index (χ1v) is 8.87. The summed E-state index contributed by atoms with van der Waals surface area (Å²) in [6.45, 7) is 3.62. The van der Waals surface area contributed by atoms with Gasteiger partial charge in [-0.3, -0.25) is 10.1 Å². The van der Waals surface area contributed by atoms with Gasteiger partial charge in [-0.05, 0) is 25.5 Å². The Labute approximate surface area is 161 Å². The van der Waals surface area contributed by atoms with E-state index >= 15 is 0 Å². The van der Waals surface area contributed by atoms with Crippen LogP contribution in [0.25, 0.3) is 0 Å². The van der Waals surface area contributed by atoms with Crippen LogP contribution in [0, 0.1) is 10.1 Å². The van der Waals surface area contributed by atoms with Crippen molar-refractivity contribution < 1.29 is 9.66 Å². The Morgan fingerprint density at radius 3 is 2.82 bits per heavy atom. The summed E-state index contributed by atoms with van der Waals surface area (Å²) in [6, 6.07) is 7.20. The van der Waals surface area contributed by atoms with Crippen molar-refractivity contribution in [2.45, 2.75) is 19.9 Å². The van der Waals surface area contributed by atoms with Gasteiger partial charge < -0.3 is 19.9 Å². The molecule has 0 aliphatic rings. The van der Waals surface area contributed by atoms with Gasteiger partial charge in [0.1, 0.15) is 12.1 Å². The van der Waals surface area contributed by atoms with Crippen LogP contribution in [0.15, 0.2) is 49.3 Å². The molecule has 10 nitrogen and oxygen atoms in total. The van der Waals surface area contributed by atoms with E-state index in [4.69, 9.17) is 4.74 Å². The molecule has 3 aromatic rings. The lowest BCUT2D eigenvalue weighted by atomic mass is 10.3. The summed E-state index contributed by atoms with van der Waals surface area (Å²) in [5.41, 5.74) is 0.383. The fourth-order valence-corrected chi connectivity index (χ4v) is 2.64. The van der Waals surface area contributed by atoms with Gasteiger partial charge in [0, 0.05) is 25.5 Å². The summed E-state index contributed by atoms with van der Waals surface area (Å²) >= 11 is 0. The third-order valence-corrected chi connectivity index (χ3v) is 3.89. The van der Waals surface area contributed by atoms with Crippen LogP contribution in [-0.2, 0) is 6.54 Å². The van der Waals surface area contributed by atoms with Gasteiger partial charge in [-0.15, -0.1) is 0 Å². The summed E-state index contributed by atoms with van der Waals surface area (Å²) < 4.78 is 7.49. The molecule has 2 heterocycles. The molecule has 0 saturated heterocycles. The largest absolute Gasteiger partial charge is 0.492 e. The summed E-state index contributed by atoms with van der Waals surface area (Å²) in [5, 5.41) is 17.7. The molecule has 0 bridgehead atoms. The monoisotopic (exact) mass is 383 g/mol. The minimum Gasteiger partial charge on any atom is -0.492 e. The zero-order valence-corrected chi connectivity index (χ0v) is 15.4. The topological polar surface area (TPSA) is 120 Å². The zero-order valence-electron chi connectivity index (χ0n) is 15.4. The van der Waals surface area contributed by atoms with Gasteiger partial charge >= 0.3 is 5.69 Å². The number of nitrogens with zero attached hydrogens (tertiary/aromatic N) is 5. The van der Waals surface area contributed by atoms with Crippen LogP contribution in [0.4, 0.5) is 23.0 Å². The molecule has 146 valence electrons. The third kappa shape index (κ3) is 4.72. The van der Waals surface area contributed by atoms with Crippen molar-refractivity contribution in [2.24, 2.45) is 0 Å². The summed E-state index contributed by atoms with van der Waals surface area (Å²) in [4.78, 5) is 23.2. The highest BCUT2D eigenvalue weighted by Crippen LogP contribution is 2.34. The smallest absolute Gasteiger partial charge is 0.353 e. The molecule has 0 spiro atoms. The van der Waals surface area contributed by atoms with Crippen molar-refractivity contribution in [1.29, 1.82) is 0 Å². The van der Waals surface area contributed by atoms with E-state index < -0.39 is 4.92 Å². The Kier molecular flexibility index (Phi) is 6.34. The Balaban J connectivity index is 1.75. The van der Waals surface area contributed by atoms with Crippen LogP contribution in [0.3, 0.4) is 0 Å². The molecule has 2 N–H and O–H groups in total. The molecule has 0 aliphatic heterocycles. The molecule has 0 unspecified atom stereocenters. The second kappa shape index (κ2) is 9.31. The molecule has 0 fully saturated rings. The maximum atomic E-state index is 11.7. The number of aromatic nitrogens is 4. The van der Waals surface area contributed by atoms with Gasteiger partial charge in [0.15, 0.2) is 0 Å². The van der Waals surface area contributed by atoms with Crippen LogP contribution in [0.5, 0.6) is 5.75 Å². The van der Waals surface area contributed by atoms with Gasteiger partial charge in [0.05, 0.1) is 23.5 Å². The molecule has 3 rings (SSSR count). The van der Waals surface area contributed by atoms with E-state index in [0.29, 0.717) is 24.6 Å². The van der Waals surface area contributed by atoms with E-state index in [1.54, 1.807) is 24.7 Å². The number of nitro groups is 1. The van der Waals surface area contributed by atoms with Crippen molar-refractivity contribution >= 4 is 23.0 Å². The average Bonchev–Trinajstić information content (AvgIpc) is 3.20. The van der Waals surface area contributed by atoms with E-state index in [0.717, 1.165) is 13.0 Å². The number of hydrogen-bond acceptors (Lipinski definition) is 8. The number of imidazole rings is 1. The zero-order chi connectivity index (χ0) is 19.8. The van der Waals surface area contributed by atoms with Crippen molar-refractivity contribution in [3.63, 3.8) is 0 Å². The molecule has 0 amide bonds. The molecule has 0 atom stereocenters. The molecule has 0 saturated carbocycles.